The molecule has 0 radical (unpaired) electrons. The molecule has 1 fully saturated rings. The lowest BCUT2D eigenvalue weighted by Gasteiger charge is -2.26. The summed E-state index contributed by atoms with van der Waals surface area (Å²) in [6, 6.07) is 15.3. The van der Waals surface area contributed by atoms with E-state index in [2.05, 4.69) is 22.1 Å². The van der Waals surface area contributed by atoms with Crippen LogP contribution in [-0.2, 0) is 14.2 Å². The number of nitrogens with zero attached hydrogens (tertiary/aromatic N) is 2. The van der Waals surface area contributed by atoms with E-state index in [1.54, 1.807) is 6.20 Å². The van der Waals surface area contributed by atoms with Gasteiger partial charge in [-0.15, -0.1) is 0 Å². The number of aliphatic hydroxyl groups excluding tert-OH is 1. The molecular formula is C34H43N3O6. The fourth-order valence-electron chi connectivity index (χ4n) is 4.67. The molecule has 43 heavy (non-hydrogen) atoms. The zero-order valence-corrected chi connectivity index (χ0v) is 25.7. The SMILES string of the molecule is CC(CNC(=O)OC(C)(C)C)Oc1ccc(-c2ccc(C#C[C@@H](CO)n3ccnc3[C@H](C)OC3CCCCO3)cc2)cc1. The van der Waals surface area contributed by atoms with Gasteiger partial charge in [0.1, 0.15) is 35.4 Å². The molecule has 1 aliphatic rings. The monoisotopic (exact) mass is 589 g/mol. The van der Waals surface area contributed by atoms with Crippen molar-refractivity contribution in [2.24, 2.45) is 0 Å². The van der Waals surface area contributed by atoms with Gasteiger partial charge in [0.05, 0.1) is 13.2 Å². The van der Waals surface area contributed by atoms with E-state index in [1.165, 1.54) is 0 Å². The summed E-state index contributed by atoms with van der Waals surface area (Å²) in [5.41, 5.74) is 2.39. The van der Waals surface area contributed by atoms with Gasteiger partial charge in [-0.1, -0.05) is 36.1 Å². The molecule has 2 heterocycles. The molecule has 9 nitrogen and oxygen atoms in total. The first kappa shape index (κ1) is 32.1. The minimum absolute atomic E-state index is 0.148. The van der Waals surface area contributed by atoms with Crippen molar-refractivity contribution in [2.45, 2.75) is 84.0 Å². The molecule has 1 aromatic heterocycles. The topological polar surface area (TPSA) is 104 Å². The molecule has 0 spiro atoms. The summed E-state index contributed by atoms with van der Waals surface area (Å²) < 4.78 is 24.9. The predicted octanol–water partition coefficient (Wildman–Crippen LogP) is 6.03. The zero-order chi connectivity index (χ0) is 30.8. The van der Waals surface area contributed by atoms with Gasteiger partial charge < -0.3 is 33.9 Å². The second kappa shape index (κ2) is 15.1. The van der Waals surface area contributed by atoms with Gasteiger partial charge in [-0.25, -0.2) is 9.78 Å². The van der Waals surface area contributed by atoms with Crippen LogP contribution >= 0.6 is 0 Å². The molecule has 0 bridgehead atoms. The first-order chi connectivity index (χ1) is 20.6. The molecule has 2 N–H and O–H groups in total. The number of hydrogen-bond acceptors (Lipinski definition) is 7. The van der Waals surface area contributed by atoms with E-state index in [4.69, 9.17) is 18.9 Å². The Morgan fingerprint density at radius 3 is 2.44 bits per heavy atom. The van der Waals surface area contributed by atoms with Gasteiger partial charge in [-0.05, 0) is 89.3 Å². The van der Waals surface area contributed by atoms with Crippen molar-refractivity contribution < 1.29 is 28.8 Å². The average molecular weight is 590 g/mol. The van der Waals surface area contributed by atoms with Crippen LogP contribution in [0.5, 0.6) is 5.75 Å². The first-order valence-corrected chi connectivity index (χ1v) is 14.9. The Hall–Kier alpha value is -3.84. The van der Waals surface area contributed by atoms with Crippen LogP contribution in [0.15, 0.2) is 60.9 Å². The Morgan fingerprint density at radius 2 is 1.81 bits per heavy atom. The zero-order valence-electron chi connectivity index (χ0n) is 25.7. The third-order valence-electron chi connectivity index (χ3n) is 6.79. The van der Waals surface area contributed by atoms with Gasteiger partial charge in [0.25, 0.3) is 0 Å². The van der Waals surface area contributed by atoms with Gasteiger partial charge in [0.2, 0.25) is 0 Å². The molecule has 2 aromatic carbocycles. The highest BCUT2D eigenvalue weighted by molar-refractivity contribution is 5.67. The van der Waals surface area contributed by atoms with Crippen LogP contribution in [0.4, 0.5) is 4.79 Å². The van der Waals surface area contributed by atoms with Crippen molar-refractivity contribution in [3.8, 4) is 28.7 Å². The number of carbonyl (C=O) groups excluding carboxylic acids is 1. The highest BCUT2D eigenvalue weighted by atomic mass is 16.7. The Morgan fingerprint density at radius 1 is 1.12 bits per heavy atom. The van der Waals surface area contributed by atoms with E-state index < -0.39 is 17.7 Å². The summed E-state index contributed by atoms with van der Waals surface area (Å²) in [6.07, 6.45) is 5.34. The maximum absolute atomic E-state index is 11.9. The van der Waals surface area contributed by atoms with Crippen LogP contribution in [0.3, 0.4) is 0 Å². The lowest BCUT2D eigenvalue weighted by atomic mass is 10.0. The molecule has 1 amide bonds. The van der Waals surface area contributed by atoms with Crippen molar-refractivity contribution >= 4 is 6.09 Å². The predicted molar refractivity (Wildman–Crippen MR) is 165 cm³/mol. The molecule has 9 heteroatoms. The molecule has 4 atom stereocenters. The van der Waals surface area contributed by atoms with Crippen molar-refractivity contribution in [1.82, 2.24) is 14.9 Å². The smallest absolute Gasteiger partial charge is 0.407 e. The summed E-state index contributed by atoms with van der Waals surface area (Å²) >= 11 is 0. The Kier molecular flexibility index (Phi) is 11.2. The standard InChI is InChI=1S/C34H43N3O6/c1-24(22-36-33(39)43-34(3,4)5)41-30-17-14-28(15-18-30)27-12-9-26(10-13-27)11-16-29(23-38)37-20-19-35-32(37)25(2)42-31-8-6-7-21-40-31/h9-10,12-15,17-20,24-25,29,31,38H,6-8,21-23H2,1-5H3,(H,36,39)/t24?,25-,29-,31?/m0/s1. The molecule has 3 aromatic rings. The van der Waals surface area contributed by atoms with Crippen LogP contribution in [0.2, 0.25) is 0 Å². The van der Waals surface area contributed by atoms with Crippen LogP contribution in [0.1, 0.15) is 77.4 Å². The molecular weight excluding hydrogens is 546 g/mol. The lowest BCUT2D eigenvalue weighted by Crippen LogP contribution is -2.37. The number of hydrogen-bond donors (Lipinski definition) is 2. The largest absolute Gasteiger partial charge is 0.489 e. The normalized spacial score (nSPS) is 17.2. The molecule has 1 saturated heterocycles. The van der Waals surface area contributed by atoms with Crippen LogP contribution in [0, 0.1) is 11.8 Å². The van der Waals surface area contributed by atoms with Gasteiger partial charge in [0.15, 0.2) is 6.29 Å². The highest BCUT2D eigenvalue weighted by Gasteiger charge is 2.23. The lowest BCUT2D eigenvalue weighted by molar-refractivity contribution is -0.188. The van der Waals surface area contributed by atoms with Crippen LogP contribution < -0.4 is 10.1 Å². The maximum atomic E-state index is 11.9. The van der Waals surface area contributed by atoms with E-state index in [0.29, 0.717) is 24.7 Å². The number of aliphatic hydroxyl groups is 1. The quantitative estimate of drug-likeness (QED) is 0.278. The van der Waals surface area contributed by atoms with Crippen LogP contribution in [-0.4, -0.2) is 58.5 Å². The molecule has 230 valence electrons. The van der Waals surface area contributed by atoms with E-state index in [-0.39, 0.29) is 25.1 Å². The fraction of sp³-hybridized carbons (Fsp3) is 0.471. The number of benzene rings is 2. The van der Waals surface area contributed by atoms with E-state index in [1.807, 2.05) is 93.9 Å². The third kappa shape index (κ3) is 9.85. The second-order valence-electron chi connectivity index (χ2n) is 11.6. The van der Waals surface area contributed by atoms with Gasteiger partial charge in [0, 0.05) is 24.6 Å². The molecule has 1 aliphatic heterocycles. The number of aromatic nitrogens is 2. The van der Waals surface area contributed by atoms with E-state index >= 15 is 0 Å². The minimum atomic E-state index is -0.542. The Labute approximate surface area is 254 Å². The van der Waals surface area contributed by atoms with Crippen molar-refractivity contribution in [3.05, 3.63) is 72.3 Å². The summed E-state index contributed by atoms with van der Waals surface area (Å²) in [4.78, 5) is 16.3. The minimum Gasteiger partial charge on any atom is -0.489 e. The Balaban J connectivity index is 1.33. The molecule has 2 unspecified atom stereocenters. The van der Waals surface area contributed by atoms with Gasteiger partial charge in [-0.2, -0.15) is 0 Å². The Bertz CT molecular complexity index is 1360. The number of alkyl carbamates (subject to hydrolysis) is 1. The highest BCUT2D eigenvalue weighted by Crippen LogP contribution is 2.25. The first-order valence-electron chi connectivity index (χ1n) is 14.9. The van der Waals surface area contributed by atoms with Crippen molar-refractivity contribution in [2.75, 3.05) is 19.8 Å². The number of amides is 1. The average Bonchev–Trinajstić information content (AvgIpc) is 3.47. The fourth-order valence-corrected chi connectivity index (χ4v) is 4.67. The molecule has 0 saturated carbocycles. The molecule has 0 aliphatic carbocycles. The number of rotatable bonds is 10. The maximum Gasteiger partial charge on any atom is 0.407 e. The molecule has 4 rings (SSSR count). The number of carbonyl (C=O) groups is 1. The van der Waals surface area contributed by atoms with Crippen LogP contribution in [0.25, 0.3) is 11.1 Å². The van der Waals surface area contributed by atoms with Crippen molar-refractivity contribution in [3.63, 3.8) is 0 Å². The van der Waals surface area contributed by atoms with E-state index in [9.17, 15) is 9.90 Å². The summed E-state index contributed by atoms with van der Waals surface area (Å²) in [5, 5.41) is 12.8. The number of imidazole rings is 1. The van der Waals surface area contributed by atoms with E-state index in [0.717, 1.165) is 36.0 Å². The second-order valence-corrected chi connectivity index (χ2v) is 11.6. The van der Waals surface area contributed by atoms with Gasteiger partial charge >= 0.3 is 6.09 Å². The number of nitrogens with one attached hydrogen (secondary N) is 1. The summed E-state index contributed by atoms with van der Waals surface area (Å²) in [7, 11) is 0. The third-order valence-corrected chi connectivity index (χ3v) is 6.79. The summed E-state index contributed by atoms with van der Waals surface area (Å²) in [5.74, 6) is 7.80. The van der Waals surface area contributed by atoms with Crippen molar-refractivity contribution in [1.29, 1.82) is 0 Å². The van der Waals surface area contributed by atoms with Gasteiger partial charge in [-0.3, -0.25) is 0 Å². The summed E-state index contributed by atoms with van der Waals surface area (Å²) in [6.45, 7) is 10.2. The number of ether oxygens (including phenoxy) is 4.